The van der Waals surface area contributed by atoms with Crippen LogP contribution in [0, 0.1) is 39.3 Å². The van der Waals surface area contributed by atoms with Gasteiger partial charge in [-0.3, -0.25) is 4.98 Å². The second kappa shape index (κ2) is 4.48. The van der Waals surface area contributed by atoms with E-state index in [1.165, 1.54) is 0 Å². The fourth-order valence-electron chi connectivity index (χ4n) is 1.88. The second-order valence-corrected chi connectivity index (χ2v) is 4.65. The lowest BCUT2D eigenvalue weighted by Crippen LogP contribution is -1.98. The number of aromatic nitrogens is 1. The molecule has 1 nitrogen and oxygen atoms in total. The minimum atomic E-state index is -0.787. The van der Waals surface area contributed by atoms with E-state index in [1.807, 2.05) is 19.9 Å². The fraction of sp³-hybridized carbons (Fsp3) is 0.267. The largest absolute Gasteiger partial charge is 0.256 e. The molecule has 0 bridgehead atoms. The molecule has 1 aromatic carbocycles. The first kappa shape index (κ1) is 12.7. The molecule has 0 unspecified atom stereocenters. The standard InChI is InChI=1S/C15H15F2N/c1-8-6-13(18-7-10(8)3)12-5-9(2)14(16)15(17)11(12)4/h5-7H,1-4H3. The number of halogens is 2. The Morgan fingerprint density at radius 3 is 2.11 bits per heavy atom. The zero-order chi connectivity index (χ0) is 13.4. The molecular weight excluding hydrogens is 232 g/mol. The van der Waals surface area contributed by atoms with Crippen LogP contribution in [0.25, 0.3) is 11.3 Å². The zero-order valence-electron chi connectivity index (χ0n) is 10.9. The highest BCUT2D eigenvalue weighted by molar-refractivity contribution is 5.65. The Labute approximate surface area is 105 Å². The molecule has 0 amide bonds. The first-order valence-electron chi connectivity index (χ1n) is 5.80. The molecule has 94 valence electrons. The summed E-state index contributed by atoms with van der Waals surface area (Å²) in [5, 5.41) is 0. The third kappa shape index (κ3) is 2.01. The van der Waals surface area contributed by atoms with Crippen molar-refractivity contribution in [1.82, 2.24) is 4.98 Å². The van der Waals surface area contributed by atoms with E-state index in [1.54, 1.807) is 26.1 Å². The van der Waals surface area contributed by atoms with Crippen LogP contribution in [-0.2, 0) is 0 Å². The Kier molecular flexibility index (Phi) is 3.16. The van der Waals surface area contributed by atoms with E-state index in [0.29, 0.717) is 22.4 Å². The van der Waals surface area contributed by atoms with E-state index in [9.17, 15) is 8.78 Å². The van der Waals surface area contributed by atoms with Crippen molar-refractivity contribution in [1.29, 1.82) is 0 Å². The van der Waals surface area contributed by atoms with Gasteiger partial charge in [0.05, 0.1) is 5.69 Å². The van der Waals surface area contributed by atoms with Gasteiger partial charge in [0, 0.05) is 11.8 Å². The van der Waals surface area contributed by atoms with Crippen LogP contribution in [0.3, 0.4) is 0 Å². The Bertz CT molecular complexity index is 618. The molecule has 2 rings (SSSR count). The molecule has 0 aliphatic rings. The summed E-state index contributed by atoms with van der Waals surface area (Å²) in [5.41, 5.74) is 4.09. The lowest BCUT2D eigenvalue weighted by Gasteiger charge is -2.10. The zero-order valence-corrected chi connectivity index (χ0v) is 10.9. The SMILES string of the molecule is Cc1cnc(-c2cc(C)c(F)c(F)c2C)cc1C. The van der Waals surface area contributed by atoms with Crippen molar-refractivity contribution >= 4 is 0 Å². The molecule has 3 heteroatoms. The van der Waals surface area contributed by atoms with Crippen molar-refractivity contribution in [3.63, 3.8) is 0 Å². The maximum absolute atomic E-state index is 13.7. The quantitative estimate of drug-likeness (QED) is 0.733. The lowest BCUT2D eigenvalue weighted by atomic mass is 9.99. The molecule has 0 N–H and O–H groups in total. The molecule has 0 saturated carbocycles. The molecule has 0 spiro atoms. The first-order valence-corrected chi connectivity index (χ1v) is 5.80. The summed E-state index contributed by atoms with van der Waals surface area (Å²) in [7, 11) is 0. The van der Waals surface area contributed by atoms with E-state index in [4.69, 9.17) is 0 Å². The minimum absolute atomic E-state index is 0.299. The van der Waals surface area contributed by atoms with E-state index >= 15 is 0 Å². The van der Waals surface area contributed by atoms with E-state index in [-0.39, 0.29) is 0 Å². The molecule has 0 atom stereocenters. The minimum Gasteiger partial charge on any atom is -0.256 e. The van der Waals surface area contributed by atoms with Gasteiger partial charge in [-0.05, 0) is 62.1 Å². The van der Waals surface area contributed by atoms with Gasteiger partial charge in [0.1, 0.15) is 0 Å². The van der Waals surface area contributed by atoms with Crippen molar-refractivity contribution in [2.24, 2.45) is 0 Å². The van der Waals surface area contributed by atoms with Gasteiger partial charge in [-0.1, -0.05) is 0 Å². The molecule has 18 heavy (non-hydrogen) atoms. The average molecular weight is 247 g/mol. The van der Waals surface area contributed by atoms with Gasteiger partial charge in [0.25, 0.3) is 0 Å². The van der Waals surface area contributed by atoms with Crippen LogP contribution < -0.4 is 0 Å². The van der Waals surface area contributed by atoms with Crippen LogP contribution >= 0.6 is 0 Å². The number of hydrogen-bond donors (Lipinski definition) is 0. The normalized spacial score (nSPS) is 10.8. The molecule has 0 radical (unpaired) electrons. The number of hydrogen-bond acceptors (Lipinski definition) is 1. The molecule has 1 aromatic heterocycles. The molecule has 0 aliphatic heterocycles. The van der Waals surface area contributed by atoms with Gasteiger partial charge in [-0.2, -0.15) is 0 Å². The van der Waals surface area contributed by atoms with Crippen LogP contribution in [0.1, 0.15) is 22.3 Å². The summed E-state index contributed by atoms with van der Waals surface area (Å²) < 4.78 is 27.2. The number of pyridine rings is 1. The number of nitrogens with zero attached hydrogens (tertiary/aromatic N) is 1. The summed E-state index contributed by atoms with van der Waals surface area (Å²) in [6, 6.07) is 3.54. The predicted octanol–water partition coefficient (Wildman–Crippen LogP) is 4.26. The monoisotopic (exact) mass is 247 g/mol. The van der Waals surface area contributed by atoms with Gasteiger partial charge in [0.2, 0.25) is 0 Å². The van der Waals surface area contributed by atoms with E-state index in [0.717, 1.165) is 11.1 Å². The van der Waals surface area contributed by atoms with Crippen LogP contribution in [-0.4, -0.2) is 4.98 Å². The Hall–Kier alpha value is -1.77. The number of benzene rings is 1. The number of rotatable bonds is 1. The van der Waals surface area contributed by atoms with Crippen LogP contribution in [0.2, 0.25) is 0 Å². The summed E-state index contributed by atoms with van der Waals surface area (Å²) in [6.07, 6.45) is 1.75. The number of aryl methyl sites for hydroxylation is 3. The predicted molar refractivity (Wildman–Crippen MR) is 68.5 cm³/mol. The fourth-order valence-corrected chi connectivity index (χ4v) is 1.88. The van der Waals surface area contributed by atoms with Gasteiger partial charge >= 0.3 is 0 Å². The van der Waals surface area contributed by atoms with E-state index < -0.39 is 11.6 Å². The maximum atomic E-state index is 13.7. The molecule has 2 aromatic rings. The Balaban J connectivity index is 2.67. The highest BCUT2D eigenvalue weighted by Gasteiger charge is 2.15. The summed E-state index contributed by atoms with van der Waals surface area (Å²) in [6.45, 7) is 7.07. The highest BCUT2D eigenvalue weighted by atomic mass is 19.2. The maximum Gasteiger partial charge on any atom is 0.162 e. The molecule has 0 saturated heterocycles. The van der Waals surface area contributed by atoms with Gasteiger partial charge in [-0.15, -0.1) is 0 Å². The second-order valence-electron chi connectivity index (χ2n) is 4.65. The van der Waals surface area contributed by atoms with Gasteiger partial charge in [0.15, 0.2) is 11.6 Å². The van der Waals surface area contributed by atoms with Crippen molar-refractivity contribution in [2.45, 2.75) is 27.7 Å². The first-order chi connectivity index (χ1) is 8.41. The van der Waals surface area contributed by atoms with Gasteiger partial charge in [-0.25, -0.2) is 8.78 Å². The molecule has 1 heterocycles. The Morgan fingerprint density at radius 2 is 1.50 bits per heavy atom. The average Bonchev–Trinajstić information content (AvgIpc) is 2.35. The lowest BCUT2D eigenvalue weighted by molar-refractivity contribution is 0.498. The van der Waals surface area contributed by atoms with Crippen LogP contribution in [0.4, 0.5) is 8.78 Å². The molecular formula is C15H15F2N. The highest BCUT2D eigenvalue weighted by Crippen LogP contribution is 2.28. The Morgan fingerprint density at radius 1 is 0.833 bits per heavy atom. The van der Waals surface area contributed by atoms with Crippen LogP contribution in [0.5, 0.6) is 0 Å². The summed E-state index contributed by atoms with van der Waals surface area (Å²) in [5.74, 6) is -1.56. The molecule has 0 aliphatic carbocycles. The smallest absolute Gasteiger partial charge is 0.162 e. The third-order valence-corrected chi connectivity index (χ3v) is 3.28. The van der Waals surface area contributed by atoms with E-state index in [2.05, 4.69) is 4.98 Å². The van der Waals surface area contributed by atoms with Crippen LogP contribution in [0.15, 0.2) is 18.3 Å². The van der Waals surface area contributed by atoms with Gasteiger partial charge < -0.3 is 0 Å². The third-order valence-electron chi connectivity index (χ3n) is 3.28. The topological polar surface area (TPSA) is 12.9 Å². The van der Waals surface area contributed by atoms with Crippen molar-refractivity contribution in [2.75, 3.05) is 0 Å². The van der Waals surface area contributed by atoms with Crippen molar-refractivity contribution in [3.8, 4) is 11.3 Å². The summed E-state index contributed by atoms with van der Waals surface area (Å²) >= 11 is 0. The molecule has 0 fully saturated rings. The van der Waals surface area contributed by atoms with Crippen molar-refractivity contribution in [3.05, 3.63) is 52.2 Å². The summed E-state index contributed by atoms with van der Waals surface area (Å²) in [4.78, 5) is 4.29. The van der Waals surface area contributed by atoms with Crippen molar-refractivity contribution < 1.29 is 8.78 Å².